The van der Waals surface area contributed by atoms with Gasteiger partial charge in [-0.05, 0) is 23.6 Å². The van der Waals surface area contributed by atoms with Crippen LogP contribution in [0, 0.1) is 12.8 Å². The van der Waals surface area contributed by atoms with E-state index in [1.165, 1.54) is 0 Å². The lowest BCUT2D eigenvalue weighted by molar-refractivity contribution is -0.136. The number of rotatable bonds is 3. The minimum Gasteiger partial charge on any atom is -0.456 e. The van der Waals surface area contributed by atoms with Crippen molar-refractivity contribution < 1.29 is 19.1 Å². The molecule has 3 heterocycles. The fourth-order valence-corrected chi connectivity index (χ4v) is 4.67. The summed E-state index contributed by atoms with van der Waals surface area (Å²) in [7, 11) is 0. The van der Waals surface area contributed by atoms with Crippen LogP contribution < -0.4 is 10.6 Å². The first-order valence-electron chi connectivity index (χ1n) is 9.92. The van der Waals surface area contributed by atoms with Crippen LogP contribution in [0.5, 0.6) is 0 Å². The van der Waals surface area contributed by atoms with Crippen molar-refractivity contribution >= 4 is 17.9 Å². The van der Waals surface area contributed by atoms with Crippen LogP contribution in [-0.4, -0.2) is 35.6 Å². The summed E-state index contributed by atoms with van der Waals surface area (Å²) < 4.78 is 5.30. The molecule has 2 N–H and O–H groups in total. The van der Waals surface area contributed by atoms with E-state index in [2.05, 4.69) is 10.6 Å². The van der Waals surface area contributed by atoms with E-state index >= 15 is 0 Å². The minimum absolute atomic E-state index is 0.120. The summed E-state index contributed by atoms with van der Waals surface area (Å²) in [6.45, 7) is 2.42. The van der Waals surface area contributed by atoms with Crippen LogP contribution in [-0.2, 0) is 20.9 Å². The number of hydrogen-bond donors (Lipinski definition) is 2. The molecule has 3 atom stereocenters. The molecule has 2 aromatic rings. The molecule has 5 rings (SSSR count). The molecule has 0 spiro atoms. The second-order valence-corrected chi connectivity index (χ2v) is 7.83. The number of nitrogens with one attached hydrogen (secondary N) is 2. The van der Waals surface area contributed by atoms with Gasteiger partial charge in [-0.25, -0.2) is 9.59 Å². The number of fused-ring (bicyclic) bond motifs is 1. The number of amides is 3. The SMILES string of the molecule is Cc1ccccc1C1C2=C(COC2=O)NC2C1C(=O)NC(=O)N2Cc1ccccc1. The van der Waals surface area contributed by atoms with Gasteiger partial charge < -0.3 is 10.1 Å². The van der Waals surface area contributed by atoms with Gasteiger partial charge in [0.15, 0.2) is 0 Å². The van der Waals surface area contributed by atoms with Crippen LogP contribution in [0.25, 0.3) is 0 Å². The van der Waals surface area contributed by atoms with Crippen LogP contribution >= 0.6 is 0 Å². The van der Waals surface area contributed by atoms with E-state index in [9.17, 15) is 14.4 Å². The highest BCUT2D eigenvalue weighted by Crippen LogP contribution is 2.44. The van der Waals surface area contributed by atoms with Crippen molar-refractivity contribution in [2.24, 2.45) is 5.92 Å². The molecule has 3 unspecified atom stereocenters. The molecule has 3 aliphatic heterocycles. The van der Waals surface area contributed by atoms with Crippen LogP contribution in [0.4, 0.5) is 4.79 Å². The molecule has 0 radical (unpaired) electrons. The number of benzene rings is 2. The molecule has 0 saturated carbocycles. The molecule has 0 bridgehead atoms. The zero-order valence-corrected chi connectivity index (χ0v) is 16.4. The van der Waals surface area contributed by atoms with E-state index < -0.39 is 30.0 Å². The Morgan fingerprint density at radius 3 is 2.53 bits per heavy atom. The van der Waals surface area contributed by atoms with Crippen molar-refractivity contribution in [3.8, 4) is 0 Å². The Morgan fingerprint density at radius 2 is 1.77 bits per heavy atom. The van der Waals surface area contributed by atoms with Gasteiger partial charge in [0, 0.05) is 12.5 Å². The van der Waals surface area contributed by atoms with Crippen molar-refractivity contribution in [1.29, 1.82) is 0 Å². The van der Waals surface area contributed by atoms with Crippen molar-refractivity contribution in [3.05, 3.63) is 82.6 Å². The largest absolute Gasteiger partial charge is 0.456 e. The summed E-state index contributed by atoms with van der Waals surface area (Å²) in [5.74, 6) is -1.95. The van der Waals surface area contributed by atoms with E-state index in [1.54, 1.807) is 4.90 Å². The predicted octanol–water partition coefficient (Wildman–Crippen LogP) is 2.19. The number of cyclic esters (lactones) is 1. The Balaban J connectivity index is 1.62. The molecule has 1 saturated heterocycles. The number of imide groups is 1. The van der Waals surface area contributed by atoms with Gasteiger partial charge >= 0.3 is 12.0 Å². The molecular weight excluding hydrogens is 382 g/mol. The molecule has 152 valence electrons. The Morgan fingerprint density at radius 1 is 1.03 bits per heavy atom. The molecule has 3 amide bonds. The van der Waals surface area contributed by atoms with Gasteiger partial charge in [-0.3, -0.25) is 15.0 Å². The second kappa shape index (κ2) is 7.02. The molecule has 3 aliphatic rings. The minimum atomic E-state index is -0.656. The molecular formula is C23H21N3O4. The monoisotopic (exact) mass is 403 g/mol. The summed E-state index contributed by atoms with van der Waals surface area (Å²) in [4.78, 5) is 40.0. The van der Waals surface area contributed by atoms with E-state index in [1.807, 2.05) is 61.5 Å². The van der Waals surface area contributed by atoms with Crippen LogP contribution in [0.1, 0.15) is 22.6 Å². The topological polar surface area (TPSA) is 87.7 Å². The standard InChI is InChI=1S/C23H21N3O4/c1-13-7-5-6-10-15(13)17-18-16(12-30-22(18)28)24-20-19(17)21(27)25-23(29)26(20)11-14-8-3-2-4-9-14/h2-10,17,19-20,24H,11-12H2,1H3,(H,25,27,29). The Labute approximate surface area is 173 Å². The van der Waals surface area contributed by atoms with Gasteiger partial charge in [0.05, 0.1) is 17.2 Å². The first kappa shape index (κ1) is 18.4. The Hall–Kier alpha value is -3.61. The van der Waals surface area contributed by atoms with Crippen LogP contribution in [0.2, 0.25) is 0 Å². The van der Waals surface area contributed by atoms with Crippen molar-refractivity contribution in [1.82, 2.24) is 15.5 Å². The lowest BCUT2D eigenvalue weighted by Crippen LogP contribution is -2.67. The van der Waals surface area contributed by atoms with Gasteiger partial charge in [0.25, 0.3) is 0 Å². The number of aryl methyl sites for hydroxylation is 1. The first-order chi connectivity index (χ1) is 14.5. The lowest BCUT2D eigenvalue weighted by atomic mass is 9.73. The van der Waals surface area contributed by atoms with Crippen LogP contribution in [0.3, 0.4) is 0 Å². The van der Waals surface area contributed by atoms with Gasteiger partial charge in [0.1, 0.15) is 12.8 Å². The molecule has 30 heavy (non-hydrogen) atoms. The Bertz CT molecular complexity index is 1080. The quantitative estimate of drug-likeness (QED) is 0.767. The molecule has 0 aliphatic carbocycles. The lowest BCUT2D eigenvalue weighted by Gasteiger charge is -2.46. The zero-order chi connectivity index (χ0) is 20.8. The first-order valence-corrected chi connectivity index (χ1v) is 9.92. The average Bonchev–Trinajstić information content (AvgIpc) is 3.11. The average molecular weight is 403 g/mol. The van der Waals surface area contributed by atoms with E-state index in [0.29, 0.717) is 17.8 Å². The molecule has 7 nitrogen and oxygen atoms in total. The van der Waals surface area contributed by atoms with Crippen molar-refractivity contribution in [2.75, 3.05) is 6.61 Å². The number of esters is 1. The highest BCUT2D eigenvalue weighted by molar-refractivity contribution is 6.02. The van der Waals surface area contributed by atoms with Gasteiger partial charge in [-0.15, -0.1) is 0 Å². The maximum absolute atomic E-state index is 13.1. The number of urea groups is 1. The third kappa shape index (κ3) is 2.85. The number of carbonyl (C=O) groups is 3. The Kier molecular flexibility index (Phi) is 4.31. The number of hydrogen-bond acceptors (Lipinski definition) is 5. The summed E-state index contributed by atoms with van der Waals surface area (Å²) >= 11 is 0. The number of nitrogens with zero attached hydrogens (tertiary/aromatic N) is 1. The predicted molar refractivity (Wildman–Crippen MR) is 108 cm³/mol. The molecule has 0 aromatic heterocycles. The second-order valence-electron chi connectivity index (χ2n) is 7.83. The molecule has 2 aromatic carbocycles. The highest BCUT2D eigenvalue weighted by Gasteiger charge is 2.53. The van der Waals surface area contributed by atoms with Gasteiger partial charge in [0.2, 0.25) is 5.91 Å². The van der Waals surface area contributed by atoms with E-state index in [0.717, 1.165) is 16.7 Å². The van der Waals surface area contributed by atoms with Crippen LogP contribution in [0.15, 0.2) is 65.9 Å². The summed E-state index contributed by atoms with van der Waals surface area (Å²) in [5, 5.41) is 5.77. The smallest absolute Gasteiger partial charge is 0.336 e. The maximum Gasteiger partial charge on any atom is 0.336 e. The van der Waals surface area contributed by atoms with Gasteiger partial charge in [-0.1, -0.05) is 54.6 Å². The number of ether oxygens (including phenoxy) is 1. The van der Waals surface area contributed by atoms with E-state index in [-0.39, 0.29) is 12.5 Å². The molecule has 7 heteroatoms. The fraction of sp³-hybridized carbons (Fsp3) is 0.261. The molecule has 1 fully saturated rings. The van der Waals surface area contributed by atoms with Gasteiger partial charge in [-0.2, -0.15) is 0 Å². The summed E-state index contributed by atoms with van der Waals surface area (Å²) in [6, 6.07) is 16.9. The normalized spacial score (nSPS) is 25.3. The summed E-state index contributed by atoms with van der Waals surface area (Å²) in [6.07, 6.45) is -0.579. The van der Waals surface area contributed by atoms with Crippen molar-refractivity contribution in [2.45, 2.75) is 25.6 Å². The number of carbonyl (C=O) groups excluding carboxylic acids is 3. The highest BCUT2D eigenvalue weighted by atomic mass is 16.5. The van der Waals surface area contributed by atoms with E-state index in [4.69, 9.17) is 4.74 Å². The fourth-order valence-electron chi connectivity index (χ4n) is 4.67. The summed E-state index contributed by atoms with van der Waals surface area (Å²) in [5.41, 5.74) is 3.96. The third-order valence-corrected chi connectivity index (χ3v) is 6.07. The zero-order valence-electron chi connectivity index (χ0n) is 16.4. The van der Waals surface area contributed by atoms with Crippen molar-refractivity contribution in [3.63, 3.8) is 0 Å². The third-order valence-electron chi connectivity index (χ3n) is 6.07. The maximum atomic E-state index is 13.1.